The van der Waals surface area contributed by atoms with Crippen molar-refractivity contribution in [2.24, 2.45) is 0 Å². The maximum atomic E-state index is 13.0. The molecule has 2 aromatic carbocycles. The largest absolute Gasteiger partial charge is 0.496 e. The highest BCUT2D eigenvalue weighted by Crippen LogP contribution is 2.20. The van der Waals surface area contributed by atoms with Gasteiger partial charge in [0.05, 0.1) is 7.11 Å². The zero-order valence-electron chi connectivity index (χ0n) is 14.9. The summed E-state index contributed by atoms with van der Waals surface area (Å²) in [4.78, 5) is 28.6. The second kappa shape index (κ2) is 7.56. The summed E-state index contributed by atoms with van der Waals surface area (Å²) < 4.78 is 18.3. The van der Waals surface area contributed by atoms with Gasteiger partial charge in [-0.2, -0.15) is 0 Å². The first kappa shape index (κ1) is 17.9. The summed E-state index contributed by atoms with van der Waals surface area (Å²) in [6.07, 6.45) is 0. The molecule has 0 aliphatic carbocycles. The number of aryl methyl sites for hydroxylation is 1. The highest BCUT2D eigenvalue weighted by atomic mass is 19.1. The van der Waals surface area contributed by atoms with Gasteiger partial charge in [-0.25, -0.2) is 4.39 Å². The van der Waals surface area contributed by atoms with Crippen LogP contribution in [0.3, 0.4) is 0 Å². The van der Waals surface area contributed by atoms with Crippen LogP contribution in [0.1, 0.15) is 26.3 Å². The zero-order chi connectivity index (χ0) is 18.7. The second-order valence-corrected chi connectivity index (χ2v) is 6.28. The van der Waals surface area contributed by atoms with Gasteiger partial charge >= 0.3 is 0 Å². The van der Waals surface area contributed by atoms with E-state index in [0.717, 1.165) is 5.56 Å². The predicted octanol–water partition coefficient (Wildman–Crippen LogP) is 2.74. The number of methoxy groups -OCH3 is 1. The minimum atomic E-state index is -0.370. The van der Waals surface area contributed by atoms with Crippen molar-refractivity contribution in [3.05, 3.63) is 65.0 Å². The molecule has 0 N–H and O–H groups in total. The zero-order valence-corrected chi connectivity index (χ0v) is 14.9. The highest BCUT2D eigenvalue weighted by Gasteiger charge is 2.25. The van der Waals surface area contributed by atoms with Crippen molar-refractivity contribution < 1.29 is 18.7 Å². The third-order valence-electron chi connectivity index (χ3n) is 4.60. The Morgan fingerprint density at radius 3 is 1.92 bits per heavy atom. The van der Waals surface area contributed by atoms with E-state index in [9.17, 15) is 14.0 Å². The lowest BCUT2D eigenvalue weighted by Gasteiger charge is -2.35. The summed E-state index contributed by atoms with van der Waals surface area (Å²) in [6, 6.07) is 10.9. The van der Waals surface area contributed by atoms with Crippen molar-refractivity contribution in [3.8, 4) is 5.75 Å². The number of hydrogen-bond acceptors (Lipinski definition) is 3. The molecule has 5 nitrogen and oxygen atoms in total. The number of nitrogens with zero attached hydrogens (tertiary/aromatic N) is 2. The normalized spacial score (nSPS) is 14.3. The quantitative estimate of drug-likeness (QED) is 0.850. The smallest absolute Gasteiger partial charge is 0.254 e. The molecule has 0 aromatic heterocycles. The molecule has 0 unspecified atom stereocenters. The third-order valence-corrected chi connectivity index (χ3v) is 4.60. The number of halogens is 1. The first-order chi connectivity index (χ1) is 12.5. The molecule has 0 radical (unpaired) electrons. The van der Waals surface area contributed by atoms with Crippen LogP contribution >= 0.6 is 0 Å². The standard InChI is InChI=1S/C20H21FN2O3/c1-14-3-4-16(13-18(14)26-2)20(25)23-11-9-22(10-12-23)19(24)15-5-7-17(21)8-6-15/h3-8,13H,9-12H2,1-2H3. The van der Waals surface area contributed by atoms with E-state index < -0.39 is 0 Å². The molecule has 136 valence electrons. The van der Waals surface area contributed by atoms with E-state index in [1.807, 2.05) is 13.0 Å². The van der Waals surface area contributed by atoms with Crippen LogP contribution < -0.4 is 4.74 Å². The fourth-order valence-electron chi connectivity index (χ4n) is 3.02. The van der Waals surface area contributed by atoms with Gasteiger partial charge in [0.25, 0.3) is 11.8 Å². The van der Waals surface area contributed by atoms with Crippen molar-refractivity contribution in [2.75, 3.05) is 33.3 Å². The lowest BCUT2D eigenvalue weighted by Crippen LogP contribution is -2.50. The summed E-state index contributed by atoms with van der Waals surface area (Å²) in [7, 11) is 1.58. The van der Waals surface area contributed by atoms with Gasteiger partial charge < -0.3 is 14.5 Å². The number of benzene rings is 2. The Hall–Kier alpha value is -2.89. The van der Waals surface area contributed by atoms with Gasteiger partial charge in [0, 0.05) is 37.3 Å². The lowest BCUT2D eigenvalue weighted by atomic mass is 10.1. The molecule has 1 heterocycles. The molecule has 0 saturated carbocycles. The maximum absolute atomic E-state index is 13.0. The Kier molecular flexibility index (Phi) is 5.21. The van der Waals surface area contributed by atoms with Crippen molar-refractivity contribution in [2.45, 2.75) is 6.92 Å². The minimum absolute atomic E-state index is 0.0721. The summed E-state index contributed by atoms with van der Waals surface area (Å²) in [5, 5.41) is 0. The van der Waals surface area contributed by atoms with Crippen LogP contribution in [0.2, 0.25) is 0 Å². The molecule has 0 atom stereocenters. The molecule has 1 aliphatic rings. The molecule has 6 heteroatoms. The topological polar surface area (TPSA) is 49.9 Å². The number of amides is 2. The summed E-state index contributed by atoms with van der Waals surface area (Å²) in [5.41, 5.74) is 2.00. The summed E-state index contributed by atoms with van der Waals surface area (Å²) in [5.74, 6) is 0.0951. The van der Waals surface area contributed by atoms with Crippen molar-refractivity contribution in [3.63, 3.8) is 0 Å². The predicted molar refractivity (Wildman–Crippen MR) is 95.9 cm³/mol. The van der Waals surface area contributed by atoms with Gasteiger partial charge in [0.2, 0.25) is 0 Å². The van der Waals surface area contributed by atoms with Crippen molar-refractivity contribution >= 4 is 11.8 Å². The highest BCUT2D eigenvalue weighted by molar-refractivity contribution is 5.96. The van der Waals surface area contributed by atoms with E-state index in [4.69, 9.17) is 4.74 Å². The lowest BCUT2D eigenvalue weighted by molar-refractivity contribution is 0.0535. The first-order valence-electron chi connectivity index (χ1n) is 8.48. The van der Waals surface area contributed by atoms with Gasteiger partial charge in [-0.1, -0.05) is 6.07 Å². The second-order valence-electron chi connectivity index (χ2n) is 6.28. The van der Waals surface area contributed by atoms with Crippen LogP contribution in [0.4, 0.5) is 4.39 Å². The van der Waals surface area contributed by atoms with Crippen LogP contribution in [-0.4, -0.2) is 54.9 Å². The Labute approximate surface area is 152 Å². The fourth-order valence-corrected chi connectivity index (χ4v) is 3.02. The van der Waals surface area contributed by atoms with Crippen molar-refractivity contribution in [1.82, 2.24) is 9.80 Å². The van der Waals surface area contributed by atoms with E-state index >= 15 is 0 Å². The molecule has 2 amide bonds. The van der Waals surface area contributed by atoms with Crippen LogP contribution in [-0.2, 0) is 0 Å². The van der Waals surface area contributed by atoms with Crippen LogP contribution in [0, 0.1) is 12.7 Å². The number of ether oxygens (including phenoxy) is 1. The van der Waals surface area contributed by atoms with Crippen LogP contribution in [0.5, 0.6) is 5.75 Å². The Bertz CT molecular complexity index is 812. The average molecular weight is 356 g/mol. The van der Waals surface area contributed by atoms with Gasteiger partial charge in [0.15, 0.2) is 0 Å². The summed E-state index contributed by atoms with van der Waals surface area (Å²) >= 11 is 0. The maximum Gasteiger partial charge on any atom is 0.254 e. The Morgan fingerprint density at radius 2 is 1.38 bits per heavy atom. The van der Waals surface area contributed by atoms with Crippen LogP contribution in [0.25, 0.3) is 0 Å². The average Bonchev–Trinajstić information content (AvgIpc) is 2.68. The number of carbonyl (C=O) groups excluding carboxylic acids is 2. The molecule has 2 aromatic rings. The van der Waals surface area contributed by atoms with Gasteiger partial charge in [-0.3, -0.25) is 9.59 Å². The van der Waals surface area contributed by atoms with E-state index in [1.165, 1.54) is 24.3 Å². The van der Waals surface area contributed by atoms with Gasteiger partial charge in [-0.15, -0.1) is 0 Å². The molecule has 1 aliphatic heterocycles. The number of piperazine rings is 1. The first-order valence-corrected chi connectivity index (χ1v) is 8.48. The van der Waals surface area contributed by atoms with E-state index in [0.29, 0.717) is 43.1 Å². The Morgan fingerprint density at radius 1 is 0.885 bits per heavy atom. The molecule has 0 spiro atoms. The molecule has 3 rings (SSSR count). The molecule has 1 saturated heterocycles. The van der Waals surface area contributed by atoms with Crippen LogP contribution in [0.15, 0.2) is 42.5 Å². The molecule has 0 bridgehead atoms. The SMILES string of the molecule is COc1cc(C(=O)N2CCN(C(=O)c3ccc(F)cc3)CC2)ccc1C. The van der Waals surface area contributed by atoms with E-state index in [1.54, 1.807) is 29.0 Å². The van der Waals surface area contributed by atoms with E-state index in [2.05, 4.69) is 0 Å². The van der Waals surface area contributed by atoms with E-state index in [-0.39, 0.29) is 17.6 Å². The molecule has 26 heavy (non-hydrogen) atoms. The summed E-state index contributed by atoms with van der Waals surface area (Å²) in [6.45, 7) is 3.74. The number of hydrogen-bond donors (Lipinski definition) is 0. The fraction of sp³-hybridized carbons (Fsp3) is 0.300. The van der Waals surface area contributed by atoms with Gasteiger partial charge in [-0.05, 0) is 48.9 Å². The number of rotatable bonds is 3. The Balaban J connectivity index is 1.63. The minimum Gasteiger partial charge on any atom is -0.496 e. The third kappa shape index (κ3) is 3.69. The molecule has 1 fully saturated rings. The molecular weight excluding hydrogens is 335 g/mol. The van der Waals surface area contributed by atoms with Gasteiger partial charge in [0.1, 0.15) is 11.6 Å². The van der Waals surface area contributed by atoms with Crippen molar-refractivity contribution in [1.29, 1.82) is 0 Å². The number of carbonyl (C=O) groups is 2. The molecular formula is C20H21FN2O3. The monoisotopic (exact) mass is 356 g/mol.